The number of hydrogen-bond donors (Lipinski definition) is 1. The van der Waals surface area contributed by atoms with Crippen LogP contribution in [0.2, 0.25) is 5.02 Å². The Morgan fingerprint density at radius 3 is 2.56 bits per heavy atom. The van der Waals surface area contributed by atoms with E-state index in [9.17, 15) is 9.18 Å². The number of amides is 1. The third-order valence-electron chi connectivity index (χ3n) is 7.46. The van der Waals surface area contributed by atoms with Gasteiger partial charge in [-0.1, -0.05) is 73.1 Å². The number of fused-ring (bicyclic) bond motifs is 1. The second kappa shape index (κ2) is 13.6. The quantitative estimate of drug-likeness (QED) is 0.138. The molecule has 0 radical (unpaired) electrons. The smallest absolute Gasteiger partial charge is 0.246 e. The number of carbonyl (C=O) groups is 1. The summed E-state index contributed by atoms with van der Waals surface area (Å²) in [5.41, 5.74) is 6.18. The molecule has 0 unspecified atom stereocenters. The summed E-state index contributed by atoms with van der Waals surface area (Å²) in [5, 5.41) is 1.69. The first-order chi connectivity index (χ1) is 20.1. The number of aromatic amines is 1. The van der Waals surface area contributed by atoms with Gasteiger partial charge in [-0.25, -0.2) is 4.98 Å². The zero-order valence-electron chi connectivity index (χ0n) is 23.3. The maximum atomic E-state index is 12.5. The minimum Gasteiger partial charge on any atom is -0.478 e. The Morgan fingerprint density at radius 1 is 1.07 bits per heavy atom. The summed E-state index contributed by atoms with van der Waals surface area (Å²) in [6.45, 7) is 3.39. The molecule has 2 aromatic heterocycles. The molecule has 212 valence electrons. The number of nitrogens with one attached hydrogen (secondary N) is 1. The van der Waals surface area contributed by atoms with E-state index < -0.39 is 0 Å². The number of alkyl halides is 1. The van der Waals surface area contributed by atoms with Gasteiger partial charge >= 0.3 is 0 Å². The average molecular weight is 572 g/mol. The molecule has 7 heteroatoms. The first-order valence-electron chi connectivity index (χ1n) is 14.2. The van der Waals surface area contributed by atoms with Crippen molar-refractivity contribution < 1.29 is 13.9 Å². The molecule has 1 N–H and O–H groups in total. The summed E-state index contributed by atoms with van der Waals surface area (Å²) in [4.78, 5) is 21.9. The lowest BCUT2D eigenvalue weighted by Gasteiger charge is -2.37. The molecular formula is C34H35ClFN3O2. The van der Waals surface area contributed by atoms with Crippen LogP contribution in [-0.4, -0.2) is 47.1 Å². The number of carbonyl (C=O) groups excluding carboxylic acids is 1. The monoisotopic (exact) mass is 571 g/mol. The van der Waals surface area contributed by atoms with Crippen LogP contribution in [0.1, 0.15) is 49.4 Å². The van der Waals surface area contributed by atoms with Gasteiger partial charge in [0.1, 0.15) is 0 Å². The fourth-order valence-corrected chi connectivity index (χ4v) is 5.51. The van der Waals surface area contributed by atoms with Crippen molar-refractivity contribution in [2.75, 3.05) is 26.4 Å². The van der Waals surface area contributed by atoms with Crippen molar-refractivity contribution in [1.29, 1.82) is 0 Å². The molecule has 2 aromatic carbocycles. The SMILES string of the molecule is CC/C(=C(/c1ccc(OCCCC/C=C/C(=O)N2CC(CF)C2)nc1)c1[nH]c2ccccc2c1Cl)c1ccccc1. The molecule has 0 saturated carbocycles. The molecule has 1 saturated heterocycles. The summed E-state index contributed by atoms with van der Waals surface area (Å²) < 4.78 is 18.4. The van der Waals surface area contributed by atoms with Crippen LogP contribution in [0.15, 0.2) is 85.1 Å². The van der Waals surface area contributed by atoms with Gasteiger partial charge in [0.25, 0.3) is 0 Å². The molecule has 1 aliphatic heterocycles. The number of halogens is 2. The van der Waals surface area contributed by atoms with Crippen molar-refractivity contribution in [3.05, 3.63) is 107 Å². The van der Waals surface area contributed by atoms with Crippen LogP contribution in [0.25, 0.3) is 22.0 Å². The Bertz CT molecular complexity index is 1520. The van der Waals surface area contributed by atoms with E-state index >= 15 is 0 Å². The molecule has 5 rings (SSSR count). The minimum atomic E-state index is -0.352. The first-order valence-corrected chi connectivity index (χ1v) is 14.6. The summed E-state index contributed by atoms with van der Waals surface area (Å²) in [6.07, 6.45) is 8.69. The standard InChI is InChI=1S/C34H35ClFN3O2/c1-2-27(25-12-6-5-7-13-25)32(34-33(35)28-14-9-10-15-29(28)38-34)26-17-18-30(37-21-26)41-19-11-4-3-8-16-31(40)39-22-24(20-36)23-39/h5-10,12-18,21,24,38H,2-4,11,19-20,22-23H2,1H3/b16-8+,32-27+. The Morgan fingerprint density at radius 2 is 1.85 bits per heavy atom. The fourth-order valence-electron chi connectivity index (χ4n) is 5.21. The summed E-state index contributed by atoms with van der Waals surface area (Å²) in [7, 11) is 0. The summed E-state index contributed by atoms with van der Waals surface area (Å²) >= 11 is 6.95. The molecule has 41 heavy (non-hydrogen) atoms. The van der Waals surface area contributed by atoms with Crippen molar-refractivity contribution in [3.63, 3.8) is 0 Å². The van der Waals surface area contributed by atoms with Crippen molar-refractivity contribution in [2.45, 2.75) is 32.6 Å². The third kappa shape index (κ3) is 6.71. The number of H-pyrrole nitrogens is 1. The van der Waals surface area contributed by atoms with E-state index in [0.29, 0.717) is 30.6 Å². The molecule has 3 heterocycles. The van der Waals surface area contributed by atoms with Crippen LogP contribution in [-0.2, 0) is 4.79 Å². The van der Waals surface area contributed by atoms with E-state index in [4.69, 9.17) is 16.3 Å². The number of benzene rings is 2. The molecule has 0 aliphatic carbocycles. The number of nitrogens with zero attached hydrogens (tertiary/aromatic N) is 2. The molecule has 0 atom stereocenters. The molecular weight excluding hydrogens is 537 g/mol. The second-order valence-corrected chi connectivity index (χ2v) is 10.7. The van der Waals surface area contributed by atoms with Crippen molar-refractivity contribution in [2.24, 2.45) is 5.92 Å². The van der Waals surface area contributed by atoms with Gasteiger partial charge < -0.3 is 14.6 Å². The van der Waals surface area contributed by atoms with Crippen molar-refractivity contribution >= 4 is 39.6 Å². The number of hydrogen-bond acceptors (Lipinski definition) is 3. The number of para-hydroxylation sites is 1. The lowest BCUT2D eigenvalue weighted by molar-refractivity contribution is -0.132. The Hall–Kier alpha value is -3.90. The van der Waals surface area contributed by atoms with Crippen molar-refractivity contribution in [1.82, 2.24) is 14.9 Å². The first kappa shape index (κ1) is 28.6. The second-order valence-electron chi connectivity index (χ2n) is 10.3. The highest BCUT2D eigenvalue weighted by Gasteiger charge is 2.28. The number of unbranched alkanes of at least 4 members (excludes halogenated alkanes) is 2. The van der Waals surface area contributed by atoms with E-state index in [2.05, 4.69) is 29.0 Å². The number of allylic oxidation sites excluding steroid dienone is 2. The number of pyridine rings is 1. The number of likely N-dealkylation sites (tertiary alicyclic amines) is 1. The molecule has 1 fully saturated rings. The molecule has 0 bridgehead atoms. The highest BCUT2D eigenvalue weighted by molar-refractivity contribution is 6.38. The summed E-state index contributed by atoms with van der Waals surface area (Å²) in [5.74, 6) is 0.550. The van der Waals surface area contributed by atoms with E-state index in [0.717, 1.165) is 59.0 Å². The van der Waals surface area contributed by atoms with E-state index in [1.54, 1.807) is 11.0 Å². The Labute approximate surface area is 245 Å². The van der Waals surface area contributed by atoms with E-state index in [1.165, 1.54) is 5.57 Å². The largest absolute Gasteiger partial charge is 0.478 e. The number of ether oxygens (including phenoxy) is 1. The topological polar surface area (TPSA) is 58.2 Å². The molecule has 5 nitrogen and oxygen atoms in total. The van der Waals surface area contributed by atoms with Gasteiger partial charge in [-0.2, -0.15) is 0 Å². The van der Waals surface area contributed by atoms with Crippen molar-refractivity contribution in [3.8, 4) is 5.88 Å². The predicted molar refractivity (Wildman–Crippen MR) is 165 cm³/mol. The molecule has 1 aliphatic rings. The number of rotatable bonds is 12. The van der Waals surface area contributed by atoms with Crippen LogP contribution >= 0.6 is 11.6 Å². The van der Waals surface area contributed by atoms with Crippen LogP contribution in [0.3, 0.4) is 0 Å². The van der Waals surface area contributed by atoms with Crippen LogP contribution < -0.4 is 4.74 Å². The van der Waals surface area contributed by atoms with Gasteiger partial charge in [0.15, 0.2) is 0 Å². The molecule has 0 spiro atoms. The molecule has 4 aromatic rings. The zero-order valence-corrected chi connectivity index (χ0v) is 24.0. The van der Waals surface area contributed by atoms with Gasteiger partial charge in [0, 0.05) is 53.3 Å². The van der Waals surface area contributed by atoms with E-state index in [-0.39, 0.29) is 18.5 Å². The van der Waals surface area contributed by atoms with Gasteiger partial charge in [-0.3, -0.25) is 9.18 Å². The van der Waals surface area contributed by atoms with Crippen LogP contribution in [0.5, 0.6) is 5.88 Å². The highest BCUT2D eigenvalue weighted by Crippen LogP contribution is 2.40. The third-order valence-corrected chi connectivity index (χ3v) is 7.85. The van der Waals surface area contributed by atoms with Gasteiger partial charge in [-0.05, 0) is 55.0 Å². The van der Waals surface area contributed by atoms with Crippen LogP contribution in [0.4, 0.5) is 4.39 Å². The molecule has 1 amide bonds. The fraction of sp³-hybridized carbons (Fsp3) is 0.294. The maximum Gasteiger partial charge on any atom is 0.246 e. The number of aromatic nitrogens is 2. The Balaban J connectivity index is 1.25. The lowest BCUT2D eigenvalue weighted by atomic mass is 9.91. The maximum absolute atomic E-state index is 12.5. The van der Waals surface area contributed by atoms with Gasteiger partial charge in [0.2, 0.25) is 11.8 Å². The van der Waals surface area contributed by atoms with Crippen LogP contribution in [0, 0.1) is 5.92 Å². The van der Waals surface area contributed by atoms with Gasteiger partial charge in [0.05, 0.1) is 24.0 Å². The Kier molecular flexibility index (Phi) is 9.52. The highest BCUT2D eigenvalue weighted by atomic mass is 35.5. The average Bonchev–Trinajstić information content (AvgIpc) is 3.31. The lowest BCUT2D eigenvalue weighted by Crippen LogP contribution is -2.50. The van der Waals surface area contributed by atoms with E-state index in [1.807, 2.05) is 66.9 Å². The summed E-state index contributed by atoms with van der Waals surface area (Å²) in [6, 6.07) is 22.4. The normalized spacial score (nSPS) is 14.4. The minimum absolute atomic E-state index is 0.0127. The predicted octanol–water partition coefficient (Wildman–Crippen LogP) is 8.12. The van der Waals surface area contributed by atoms with Gasteiger partial charge in [-0.15, -0.1) is 0 Å². The zero-order chi connectivity index (χ0) is 28.6.